The molecule has 1 aromatic rings. The van der Waals surface area contributed by atoms with Gasteiger partial charge in [-0.15, -0.1) is 0 Å². The summed E-state index contributed by atoms with van der Waals surface area (Å²) in [5.41, 5.74) is 4.88. The molecule has 0 spiro atoms. The van der Waals surface area contributed by atoms with Gasteiger partial charge in [-0.05, 0) is 20.3 Å². The fourth-order valence-corrected chi connectivity index (χ4v) is 1.90. The van der Waals surface area contributed by atoms with Crippen LogP contribution in [0.4, 0.5) is 11.5 Å². The third kappa shape index (κ3) is 3.45. The van der Waals surface area contributed by atoms with Gasteiger partial charge in [0.25, 0.3) is 5.56 Å². The summed E-state index contributed by atoms with van der Waals surface area (Å²) in [4.78, 5) is 35.8. The second-order valence-electron chi connectivity index (χ2n) is 4.68. The van der Waals surface area contributed by atoms with Crippen molar-refractivity contribution in [2.45, 2.75) is 39.8 Å². The van der Waals surface area contributed by atoms with Crippen molar-refractivity contribution < 1.29 is 9.53 Å². The minimum absolute atomic E-state index is 0.0288. The molecule has 0 aliphatic rings. The summed E-state index contributed by atoms with van der Waals surface area (Å²) < 4.78 is 7.14. The maximum absolute atomic E-state index is 12.1. The first-order valence-electron chi connectivity index (χ1n) is 6.87. The van der Waals surface area contributed by atoms with E-state index in [9.17, 15) is 14.4 Å². The lowest BCUT2D eigenvalue weighted by atomic mass is 10.3. The molecule has 0 saturated carbocycles. The topological polar surface area (TPSA) is 108 Å². The Bertz CT molecular complexity index is 632. The van der Waals surface area contributed by atoms with Gasteiger partial charge in [-0.3, -0.25) is 13.9 Å². The molecule has 1 aromatic heterocycles. The molecule has 0 radical (unpaired) electrons. The molecule has 0 aliphatic carbocycles. The van der Waals surface area contributed by atoms with Crippen LogP contribution in [0.15, 0.2) is 9.59 Å². The normalized spacial score (nSPS) is 12.0. The number of nitrogen functional groups attached to an aromatic ring is 1. The number of aromatic nitrogens is 2. The molecular weight excluding hydrogens is 276 g/mol. The van der Waals surface area contributed by atoms with Crippen LogP contribution in [0.1, 0.15) is 27.2 Å². The largest absolute Gasteiger partial charge is 0.464 e. The molecule has 1 rings (SSSR count). The first kappa shape index (κ1) is 16.8. The molecule has 21 heavy (non-hydrogen) atoms. The van der Waals surface area contributed by atoms with E-state index in [2.05, 4.69) is 5.32 Å². The molecule has 0 amide bonds. The number of carbonyl (C=O) groups excluding carboxylic acids is 1. The third-order valence-corrected chi connectivity index (χ3v) is 3.03. The zero-order chi connectivity index (χ0) is 16.2. The maximum atomic E-state index is 12.1. The van der Waals surface area contributed by atoms with Gasteiger partial charge < -0.3 is 15.8 Å². The van der Waals surface area contributed by atoms with Gasteiger partial charge in [-0.25, -0.2) is 9.59 Å². The Morgan fingerprint density at radius 2 is 2.00 bits per heavy atom. The summed E-state index contributed by atoms with van der Waals surface area (Å²) >= 11 is 0. The van der Waals surface area contributed by atoms with Crippen molar-refractivity contribution in [3.63, 3.8) is 0 Å². The number of nitrogens with one attached hydrogen (secondary N) is 1. The Morgan fingerprint density at radius 1 is 1.38 bits per heavy atom. The van der Waals surface area contributed by atoms with Crippen LogP contribution in [0.2, 0.25) is 0 Å². The van der Waals surface area contributed by atoms with Crippen molar-refractivity contribution in [2.75, 3.05) is 17.7 Å². The summed E-state index contributed by atoms with van der Waals surface area (Å²) in [6.07, 6.45) is 0.690. The Morgan fingerprint density at radius 3 is 2.52 bits per heavy atom. The average molecular weight is 298 g/mol. The van der Waals surface area contributed by atoms with E-state index in [4.69, 9.17) is 10.5 Å². The van der Waals surface area contributed by atoms with Crippen molar-refractivity contribution >= 4 is 17.5 Å². The molecule has 8 nitrogen and oxygen atoms in total. The first-order chi connectivity index (χ1) is 9.84. The van der Waals surface area contributed by atoms with Crippen molar-refractivity contribution in [1.29, 1.82) is 0 Å². The number of nitrogens with two attached hydrogens (primary N) is 1. The number of anilines is 2. The molecule has 118 valence electrons. The first-order valence-corrected chi connectivity index (χ1v) is 6.87. The smallest absolute Gasteiger partial charge is 0.332 e. The highest BCUT2D eigenvalue weighted by atomic mass is 16.5. The van der Waals surface area contributed by atoms with E-state index in [1.165, 1.54) is 11.6 Å². The Labute approximate surface area is 122 Å². The second kappa shape index (κ2) is 6.96. The lowest BCUT2D eigenvalue weighted by Gasteiger charge is -2.18. The molecule has 1 atom stereocenters. The predicted molar refractivity (Wildman–Crippen MR) is 80.4 cm³/mol. The van der Waals surface area contributed by atoms with E-state index in [1.807, 2.05) is 6.92 Å². The van der Waals surface area contributed by atoms with Gasteiger partial charge in [0.15, 0.2) is 0 Å². The van der Waals surface area contributed by atoms with Crippen LogP contribution < -0.4 is 22.3 Å². The molecule has 0 fully saturated rings. The average Bonchev–Trinajstić information content (AvgIpc) is 2.46. The highest BCUT2D eigenvalue weighted by Crippen LogP contribution is 2.12. The third-order valence-electron chi connectivity index (χ3n) is 3.03. The number of rotatable bonds is 6. The highest BCUT2D eigenvalue weighted by molar-refractivity contribution is 5.80. The highest BCUT2D eigenvalue weighted by Gasteiger charge is 2.20. The number of carbonyl (C=O) groups is 1. The molecule has 0 bridgehead atoms. The van der Waals surface area contributed by atoms with Crippen LogP contribution in [0.25, 0.3) is 0 Å². The summed E-state index contributed by atoms with van der Waals surface area (Å²) in [7, 11) is 1.37. The van der Waals surface area contributed by atoms with Crippen LogP contribution in [0.5, 0.6) is 0 Å². The van der Waals surface area contributed by atoms with E-state index in [0.717, 1.165) is 4.57 Å². The number of hydrogen-bond donors (Lipinski definition) is 2. The van der Waals surface area contributed by atoms with Gasteiger partial charge in [0, 0.05) is 13.6 Å². The van der Waals surface area contributed by atoms with Gasteiger partial charge in [0.2, 0.25) is 0 Å². The Balaban J connectivity index is 3.27. The predicted octanol–water partition coefficient (Wildman–Crippen LogP) is -0.0973. The second-order valence-corrected chi connectivity index (χ2v) is 4.68. The standard InChI is InChI=1S/C13H22N4O4/c1-5-7-17-10(14)9(11(18)16(4)13(17)20)15-8(3)12(19)21-6-2/h8,15H,5-7,14H2,1-4H3. The molecule has 3 N–H and O–H groups in total. The van der Waals surface area contributed by atoms with Gasteiger partial charge in [0.1, 0.15) is 17.5 Å². The fraction of sp³-hybridized carbons (Fsp3) is 0.615. The van der Waals surface area contributed by atoms with Crippen LogP contribution in [-0.4, -0.2) is 27.8 Å². The van der Waals surface area contributed by atoms with Crippen LogP contribution in [-0.2, 0) is 23.1 Å². The van der Waals surface area contributed by atoms with Gasteiger partial charge in [-0.1, -0.05) is 6.92 Å². The van der Waals surface area contributed by atoms with Gasteiger partial charge >= 0.3 is 11.7 Å². The van der Waals surface area contributed by atoms with Crippen molar-refractivity contribution in [2.24, 2.45) is 7.05 Å². The molecular formula is C13H22N4O4. The van der Waals surface area contributed by atoms with Crippen LogP contribution >= 0.6 is 0 Å². The fourth-order valence-electron chi connectivity index (χ4n) is 1.90. The molecule has 1 heterocycles. The summed E-state index contributed by atoms with van der Waals surface area (Å²) in [6, 6.07) is -0.743. The van der Waals surface area contributed by atoms with Crippen molar-refractivity contribution in [3.05, 3.63) is 20.8 Å². The number of hydrogen-bond acceptors (Lipinski definition) is 6. The van der Waals surface area contributed by atoms with E-state index in [1.54, 1.807) is 13.8 Å². The van der Waals surface area contributed by atoms with Crippen LogP contribution in [0.3, 0.4) is 0 Å². The van der Waals surface area contributed by atoms with E-state index < -0.39 is 23.3 Å². The summed E-state index contributed by atoms with van der Waals surface area (Å²) in [5.74, 6) is -0.465. The SMILES string of the molecule is CCCn1c(N)c(NC(C)C(=O)OCC)c(=O)n(C)c1=O. The Kier molecular flexibility index (Phi) is 5.57. The molecule has 8 heteroatoms. The lowest BCUT2D eigenvalue weighted by Crippen LogP contribution is -2.42. The lowest BCUT2D eigenvalue weighted by molar-refractivity contribution is -0.143. The summed E-state index contributed by atoms with van der Waals surface area (Å²) in [5, 5.41) is 2.74. The zero-order valence-electron chi connectivity index (χ0n) is 12.8. The molecule has 1 unspecified atom stereocenters. The zero-order valence-corrected chi connectivity index (χ0v) is 12.8. The van der Waals surface area contributed by atoms with E-state index in [0.29, 0.717) is 13.0 Å². The number of esters is 1. The van der Waals surface area contributed by atoms with Gasteiger partial charge in [-0.2, -0.15) is 0 Å². The van der Waals surface area contributed by atoms with Crippen molar-refractivity contribution in [1.82, 2.24) is 9.13 Å². The Hall–Kier alpha value is -2.25. The van der Waals surface area contributed by atoms with E-state index in [-0.39, 0.29) is 18.1 Å². The van der Waals surface area contributed by atoms with E-state index >= 15 is 0 Å². The molecule has 0 aromatic carbocycles. The number of nitrogens with zero attached hydrogens (tertiary/aromatic N) is 2. The monoisotopic (exact) mass is 298 g/mol. The maximum Gasteiger partial charge on any atom is 0.332 e. The van der Waals surface area contributed by atoms with Crippen LogP contribution in [0, 0.1) is 0 Å². The van der Waals surface area contributed by atoms with Gasteiger partial charge in [0.05, 0.1) is 6.61 Å². The molecule has 0 aliphatic heterocycles. The minimum Gasteiger partial charge on any atom is -0.464 e. The minimum atomic E-state index is -0.743. The summed E-state index contributed by atoms with van der Waals surface area (Å²) in [6.45, 7) is 5.78. The quantitative estimate of drug-likeness (QED) is 0.710. The molecule has 0 saturated heterocycles. The van der Waals surface area contributed by atoms with Crippen molar-refractivity contribution in [3.8, 4) is 0 Å². The number of ether oxygens (including phenoxy) is 1.